The van der Waals surface area contributed by atoms with Crippen molar-refractivity contribution in [3.8, 4) is 0 Å². The molecule has 3 N–H and O–H groups in total. The Kier molecular flexibility index (Phi) is 1.91. The van der Waals surface area contributed by atoms with Crippen LogP contribution in [0.15, 0.2) is 5.03 Å². The number of hydrogen-bond acceptors (Lipinski definition) is 4. The van der Waals surface area contributed by atoms with Crippen molar-refractivity contribution in [2.24, 2.45) is 0 Å². The molecule has 70 valence electrons. The third-order valence-corrected chi connectivity index (χ3v) is 2.56. The molecule has 5 nitrogen and oxygen atoms in total. The lowest BCUT2D eigenvalue weighted by Gasteiger charge is -1.91. The van der Waals surface area contributed by atoms with Gasteiger partial charge in [-0.05, 0) is 12.7 Å². The van der Waals surface area contributed by atoms with Crippen LogP contribution in [0.25, 0.3) is 5.65 Å². The molecule has 0 atom stereocenters. The highest BCUT2D eigenvalue weighted by Gasteiger charge is 2.11. The fourth-order valence-electron chi connectivity index (χ4n) is 1.17. The van der Waals surface area contributed by atoms with Crippen LogP contribution in [-0.2, 0) is 0 Å². The topological polar surface area (TPSA) is 72.0 Å². The van der Waals surface area contributed by atoms with E-state index in [2.05, 4.69) is 22.1 Å². The minimum absolute atomic E-state index is 0.687. The fraction of sp³-hybridized carbons (Fsp3) is 0.429. The Bertz CT molecular complexity index is 429. The lowest BCUT2D eigenvalue weighted by atomic mass is 10.6. The number of H-pyrrole nitrogens is 1. The lowest BCUT2D eigenvalue weighted by Crippen LogP contribution is -1.87. The Morgan fingerprint density at radius 3 is 2.92 bits per heavy atom. The van der Waals surface area contributed by atoms with E-state index >= 15 is 0 Å². The van der Waals surface area contributed by atoms with Crippen molar-refractivity contribution in [3.63, 3.8) is 0 Å². The summed E-state index contributed by atoms with van der Waals surface area (Å²) in [7, 11) is 0. The first-order valence-electron chi connectivity index (χ1n) is 4.06. The van der Waals surface area contributed by atoms with Crippen LogP contribution in [0.4, 0.5) is 5.69 Å². The third-order valence-electron chi connectivity index (χ3n) is 1.70. The van der Waals surface area contributed by atoms with Crippen LogP contribution in [-0.4, -0.2) is 25.6 Å². The van der Waals surface area contributed by atoms with E-state index in [-0.39, 0.29) is 0 Å². The molecule has 0 saturated heterocycles. The molecule has 0 spiro atoms. The average Bonchev–Trinajstić information content (AvgIpc) is 2.54. The van der Waals surface area contributed by atoms with Gasteiger partial charge in [0, 0.05) is 0 Å². The van der Waals surface area contributed by atoms with E-state index in [9.17, 15) is 0 Å². The molecule has 0 bridgehead atoms. The molecule has 2 rings (SSSR count). The zero-order valence-electron chi connectivity index (χ0n) is 7.53. The molecule has 0 unspecified atom stereocenters. The van der Waals surface area contributed by atoms with E-state index < -0.39 is 0 Å². The number of fused-ring (bicyclic) bond motifs is 1. The number of nitrogens with zero attached hydrogens (tertiary/aromatic N) is 3. The molecule has 0 saturated carbocycles. The SMILES string of the molecule is CCSc1nn2nc(C)[nH]c2c1N. The predicted octanol–water partition coefficient (Wildman–Crippen LogP) is 1.06. The summed E-state index contributed by atoms with van der Waals surface area (Å²) in [5.41, 5.74) is 7.34. The monoisotopic (exact) mass is 197 g/mol. The first-order valence-corrected chi connectivity index (χ1v) is 5.05. The van der Waals surface area contributed by atoms with E-state index in [1.807, 2.05) is 6.92 Å². The molecule has 0 aromatic carbocycles. The molecule has 0 aliphatic heterocycles. The summed E-state index contributed by atoms with van der Waals surface area (Å²) in [6.45, 7) is 3.94. The molecule has 0 amide bonds. The second-order valence-corrected chi connectivity index (χ2v) is 3.95. The normalized spacial score (nSPS) is 11.2. The Morgan fingerprint density at radius 1 is 1.54 bits per heavy atom. The molecule has 0 aliphatic carbocycles. The molecule has 2 aromatic heterocycles. The average molecular weight is 197 g/mol. The number of nitrogens with two attached hydrogens (primary N) is 1. The quantitative estimate of drug-likeness (QED) is 0.706. The van der Waals surface area contributed by atoms with Crippen LogP contribution < -0.4 is 5.73 Å². The minimum atomic E-state index is 0.687. The van der Waals surface area contributed by atoms with Gasteiger partial charge in [-0.1, -0.05) is 6.92 Å². The Balaban J connectivity index is 2.56. The summed E-state index contributed by atoms with van der Waals surface area (Å²) in [5.74, 6) is 1.78. The summed E-state index contributed by atoms with van der Waals surface area (Å²) in [6, 6.07) is 0. The highest BCUT2D eigenvalue weighted by Crippen LogP contribution is 2.25. The highest BCUT2D eigenvalue weighted by molar-refractivity contribution is 7.99. The van der Waals surface area contributed by atoms with Gasteiger partial charge < -0.3 is 10.7 Å². The minimum Gasteiger partial charge on any atom is -0.393 e. The fourth-order valence-corrected chi connectivity index (χ4v) is 1.83. The summed E-state index contributed by atoms with van der Waals surface area (Å²) < 4.78 is 1.54. The van der Waals surface area contributed by atoms with Crippen molar-refractivity contribution in [1.82, 2.24) is 19.8 Å². The second-order valence-electron chi connectivity index (χ2n) is 2.70. The Hall–Kier alpha value is -1.17. The summed E-state index contributed by atoms with van der Waals surface area (Å²) in [4.78, 5) is 3.06. The maximum Gasteiger partial charge on any atom is 0.180 e. The molecular formula is C7H11N5S. The van der Waals surface area contributed by atoms with Gasteiger partial charge in [0.25, 0.3) is 0 Å². The Labute approximate surface area is 79.7 Å². The van der Waals surface area contributed by atoms with Gasteiger partial charge in [-0.3, -0.25) is 0 Å². The highest BCUT2D eigenvalue weighted by atomic mass is 32.2. The summed E-state index contributed by atoms with van der Waals surface area (Å²) in [5, 5.41) is 9.22. The largest absolute Gasteiger partial charge is 0.393 e. The third kappa shape index (κ3) is 1.27. The van der Waals surface area contributed by atoms with Crippen molar-refractivity contribution >= 4 is 23.1 Å². The number of aromatic amines is 1. The smallest absolute Gasteiger partial charge is 0.180 e. The first kappa shape index (κ1) is 8.43. The van der Waals surface area contributed by atoms with Crippen molar-refractivity contribution in [1.29, 1.82) is 0 Å². The van der Waals surface area contributed by atoms with Gasteiger partial charge in [0.05, 0.1) is 0 Å². The van der Waals surface area contributed by atoms with Crippen molar-refractivity contribution in [2.75, 3.05) is 11.5 Å². The van der Waals surface area contributed by atoms with Gasteiger partial charge >= 0.3 is 0 Å². The standard InChI is InChI=1S/C7H11N5S/c1-3-13-7-5(8)6-9-4(2)10-12(6)11-7/h3,8H2,1-2H3,(H,9,10). The van der Waals surface area contributed by atoms with Crippen molar-refractivity contribution in [2.45, 2.75) is 18.9 Å². The van der Waals surface area contributed by atoms with Gasteiger partial charge in [-0.2, -0.15) is 0 Å². The maximum atomic E-state index is 5.86. The van der Waals surface area contributed by atoms with E-state index in [0.29, 0.717) is 5.69 Å². The molecule has 0 radical (unpaired) electrons. The number of nitrogen functional groups attached to an aromatic ring is 1. The van der Waals surface area contributed by atoms with Crippen LogP contribution >= 0.6 is 11.8 Å². The number of rotatable bonds is 2. The van der Waals surface area contributed by atoms with Crippen LogP contribution in [0, 0.1) is 6.92 Å². The van der Waals surface area contributed by atoms with Gasteiger partial charge in [-0.15, -0.1) is 26.6 Å². The van der Waals surface area contributed by atoms with E-state index in [1.165, 1.54) is 0 Å². The van der Waals surface area contributed by atoms with E-state index in [1.54, 1.807) is 16.4 Å². The molecule has 13 heavy (non-hydrogen) atoms. The zero-order valence-corrected chi connectivity index (χ0v) is 8.35. The molecule has 2 aromatic rings. The second kappa shape index (κ2) is 2.95. The maximum absolute atomic E-state index is 5.86. The van der Waals surface area contributed by atoms with Crippen molar-refractivity contribution < 1.29 is 0 Å². The predicted molar refractivity (Wildman–Crippen MR) is 52.9 cm³/mol. The Morgan fingerprint density at radius 2 is 2.31 bits per heavy atom. The number of nitrogens with one attached hydrogen (secondary N) is 1. The van der Waals surface area contributed by atoms with Crippen LogP contribution in [0.1, 0.15) is 12.7 Å². The molecule has 6 heteroatoms. The molecular weight excluding hydrogens is 186 g/mol. The molecule has 2 heterocycles. The van der Waals surface area contributed by atoms with Crippen LogP contribution in [0.5, 0.6) is 0 Å². The molecule has 0 aliphatic rings. The number of hydrogen-bond donors (Lipinski definition) is 2. The van der Waals surface area contributed by atoms with E-state index in [4.69, 9.17) is 5.73 Å². The van der Waals surface area contributed by atoms with E-state index in [0.717, 1.165) is 22.3 Å². The summed E-state index contributed by atoms with van der Waals surface area (Å²) in [6.07, 6.45) is 0. The number of aryl methyl sites for hydroxylation is 1. The first-order chi connectivity index (χ1) is 6.22. The van der Waals surface area contributed by atoms with Crippen LogP contribution in [0.3, 0.4) is 0 Å². The molecule has 0 fully saturated rings. The van der Waals surface area contributed by atoms with Gasteiger partial charge in [0.2, 0.25) is 0 Å². The van der Waals surface area contributed by atoms with Gasteiger partial charge in [-0.25, -0.2) is 0 Å². The zero-order chi connectivity index (χ0) is 9.42. The number of anilines is 1. The lowest BCUT2D eigenvalue weighted by molar-refractivity contribution is 0.774. The van der Waals surface area contributed by atoms with Crippen molar-refractivity contribution in [3.05, 3.63) is 5.82 Å². The van der Waals surface area contributed by atoms with Gasteiger partial charge in [0.15, 0.2) is 5.65 Å². The van der Waals surface area contributed by atoms with Gasteiger partial charge in [0.1, 0.15) is 16.5 Å². The number of aromatic nitrogens is 4. The summed E-state index contributed by atoms with van der Waals surface area (Å²) >= 11 is 1.62. The van der Waals surface area contributed by atoms with Crippen LogP contribution in [0.2, 0.25) is 0 Å². The number of thioether (sulfide) groups is 1.